The van der Waals surface area contributed by atoms with Gasteiger partial charge in [-0.25, -0.2) is 4.98 Å². The molecule has 180 valence electrons. The van der Waals surface area contributed by atoms with Gasteiger partial charge >= 0.3 is 0 Å². The minimum Gasteiger partial charge on any atom is -0.496 e. The largest absolute Gasteiger partial charge is 0.496 e. The molecule has 0 saturated carbocycles. The number of methoxy groups -OCH3 is 2. The molecular weight excluding hydrogens is 436 g/mol. The van der Waals surface area contributed by atoms with Crippen LogP contribution in [0.1, 0.15) is 22.3 Å². The molecule has 0 saturated heterocycles. The zero-order valence-electron chi connectivity index (χ0n) is 21.0. The number of hydrogen-bond acceptors (Lipinski definition) is 6. The average Bonchev–Trinajstić information content (AvgIpc) is 2.89. The molecule has 0 bridgehead atoms. The topological polar surface area (TPSA) is 82.3 Å². The second kappa shape index (κ2) is 10.7. The summed E-state index contributed by atoms with van der Waals surface area (Å²) < 4.78 is 11.1. The first kappa shape index (κ1) is 24.4. The van der Waals surface area contributed by atoms with Gasteiger partial charge < -0.3 is 20.5 Å². The molecule has 0 spiro atoms. The van der Waals surface area contributed by atoms with Gasteiger partial charge in [0.2, 0.25) is 5.88 Å². The molecule has 2 aromatic heterocycles. The quantitative estimate of drug-likeness (QED) is 0.366. The van der Waals surface area contributed by atoms with Crippen LogP contribution in [-0.2, 0) is 13.1 Å². The Balaban J connectivity index is 1.80. The van der Waals surface area contributed by atoms with Crippen LogP contribution in [0.15, 0.2) is 60.8 Å². The molecule has 0 atom stereocenters. The van der Waals surface area contributed by atoms with E-state index in [-0.39, 0.29) is 0 Å². The molecule has 4 aromatic rings. The Hall–Kier alpha value is -3.74. The van der Waals surface area contributed by atoms with Crippen LogP contribution >= 0.6 is 0 Å². The monoisotopic (exact) mass is 468 g/mol. The van der Waals surface area contributed by atoms with Gasteiger partial charge in [0, 0.05) is 41.5 Å². The van der Waals surface area contributed by atoms with E-state index in [2.05, 4.69) is 61.6 Å². The van der Waals surface area contributed by atoms with E-state index in [1.54, 1.807) is 14.2 Å². The molecule has 3 N–H and O–H groups in total. The Labute approximate surface area is 207 Å². The summed E-state index contributed by atoms with van der Waals surface area (Å²) in [5, 5.41) is 3.16. The van der Waals surface area contributed by atoms with E-state index in [4.69, 9.17) is 25.2 Å². The fraction of sp³-hybridized carbons (Fsp3) is 0.241. The van der Waals surface area contributed by atoms with Gasteiger partial charge in [0.05, 0.1) is 25.6 Å². The molecule has 0 aliphatic carbocycles. The van der Waals surface area contributed by atoms with Gasteiger partial charge in [-0.15, -0.1) is 0 Å². The van der Waals surface area contributed by atoms with Crippen molar-refractivity contribution in [1.82, 2.24) is 15.3 Å². The molecule has 0 radical (unpaired) electrons. The summed E-state index contributed by atoms with van der Waals surface area (Å²) in [6, 6.07) is 18.6. The highest BCUT2D eigenvalue weighted by Gasteiger charge is 2.16. The lowest BCUT2D eigenvalue weighted by Crippen LogP contribution is -2.08. The third-order valence-electron chi connectivity index (χ3n) is 6.38. The van der Waals surface area contributed by atoms with E-state index in [0.29, 0.717) is 19.0 Å². The highest BCUT2D eigenvalue weighted by Crippen LogP contribution is 2.37. The third kappa shape index (κ3) is 4.76. The SMILES string of the molecule is CNCc1ccc(-c2cccc(-c3ccnc(-c4ccc(CN)c(OC)c4)c3C)c2C)nc1OC. The predicted molar refractivity (Wildman–Crippen MR) is 142 cm³/mol. The van der Waals surface area contributed by atoms with E-state index in [9.17, 15) is 0 Å². The van der Waals surface area contributed by atoms with Gasteiger partial charge in [-0.3, -0.25) is 4.98 Å². The molecule has 6 nitrogen and oxygen atoms in total. The van der Waals surface area contributed by atoms with Crippen molar-refractivity contribution in [1.29, 1.82) is 0 Å². The molecule has 6 heteroatoms. The summed E-state index contributed by atoms with van der Waals surface area (Å²) in [5.41, 5.74) is 16.3. The smallest absolute Gasteiger partial charge is 0.218 e. The van der Waals surface area contributed by atoms with Crippen LogP contribution in [0.5, 0.6) is 11.6 Å². The standard InChI is InChI=1S/C29H32N4O2/c1-18-23(7-6-8-25(18)26-12-11-22(17-31-3)29(33-26)35-5)24-13-14-32-28(19(24)2)20-9-10-21(16-30)27(15-20)34-4/h6-15,31H,16-17,30H2,1-5H3. The van der Waals surface area contributed by atoms with Crippen LogP contribution in [0.4, 0.5) is 0 Å². The number of benzene rings is 2. The number of nitrogens with two attached hydrogens (primary N) is 1. The van der Waals surface area contributed by atoms with Crippen molar-refractivity contribution in [3.05, 3.63) is 83.0 Å². The summed E-state index contributed by atoms with van der Waals surface area (Å²) in [6.07, 6.45) is 1.86. The maximum Gasteiger partial charge on any atom is 0.218 e. The average molecular weight is 469 g/mol. The number of nitrogens with zero attached hydrogens (tertiary/aromatic N) is 2. The fourth-order valence-corrected chi connectivity index (χ4v) is 4.50. The lowest BCUT2D eigenvalue weighted by molar-refractivity contribution is 0.392. The molecule has 0 fully saturated rings. The second-order valence-electron chi connectivity index (χ2n) is 8.44. The molecule has 0 aliphatic heterocycles. The normalized spacial score (nSPS) is 10.9. The molecular formula is C29H32N4O2. The first-order chi connectivity index (χ1) is 17.0. The van der Waals surface area contributed by atoms with Crippen molar-refractivity contribution >= 4 is 0 Å². The lowest BCUT2D eigenvalue weighted by atomic mass is 9.91. The van der Waals surface area contributed by atoms with Crippen molar-refractivity contribution in [2.45, 2.75) is 26.9 Å². The summed E-state index contributed by atoms with van der Waals surface area (Å²) in [4.78, 5) is 9.50. The van der Waals surface area contributed by atoms with E-state index in [1.165, 1.54) is 0 Å². The van der Waals surface area contributed by atoms with Crippen LogP contribution in [-0.4, -0.2) is 31.2 Å². The Bertz CT molecular complexity index is 1350. The van der Waals surface area contributed by atoms with Crippen LogP contribution < -0.4 is 20.5 Å². The molecule has 0 unspecified atom stereocenters. The number of nitrogens with one attached hydrogen (secondary N) is 1. The van der Waals surface area contributed by atoms with E-state index in [1.807, 2.05) is 25.4 Å². The minimum atomic E-state index is 0.427. The number of pyridine rings is 2. The van der Waals surface area contributed by atoms with Crippen molar-refractivity contribution in [2.24, 2.45) is 5.73 Å². The predicted octanol–water partition coefficient (Wildman–Crippen LogP) is 5.29. The summed E-state index contributed by atoms with van der Waals surface area (Å²) in [5.74, 6) is 1.41. The first-order valence-corrected chi connectivity index (χ1v) is 11.6. The van der Waals surface area contributed by atoms with Gasteiger partial charge in [-0.1, -0.05) is 36.4 Å². The van der Waals surface area contributed by atoms with Crippen LogP contribution in [0.3, 0.4) is 0 Å². The Morgan fingerprint density at radius 2 is 1.60 bits per heavy atom. The van der Waals surface area contributed by atoms with Gasteiger partial charge in [-0.2, -0.15) is 0 Å². The summed E-state index contributed by atoms with van der Waals surface area (Å²) in [7, 11) is 5.23. The second-order valence-corrected chi connectivity index (χ2v) is 8.44. The zero-order chi connectivity index (χ0) is 24.9. The molecule has 0 amide bonds. The zero-order valence-corrected chi connectivity index (χ0v) is 21.0. The number of hydrogen-bond donors (Lipinski definition) is 2. The van der Waals surface area contributed by atoms with Crippen LogP contribution in [0.25, 0.3) is 33.6 Å². The molecule has 0 aliphatic rings. The van der Waals surface area contributed by atoms with Gasteiger partial charge in [0.25, 0.3) is 0 Å². The highest BCUT2D eigenvalue weighted by molar-refractivity contribution is 5.82. The van der Waals surface area contributed by atoms with Crippen LogP contribution in [0, 0.1) is 13.8 Å². The van der Waals surface area contributed by atoms with Gasteiger partial charge in [0.1, 0.15) is 5.75 Å². The molecule has 2 heterocycles. The third-order valence-corrected chi connectivity index (χ3v) is 6.38. The molecule has 35 heavy (non-hydrogen) atoms. The summed E-state index contributed by atoms with van der Waals surface area (Å²) >= 11 is 0. The molecule has 2 aromatic carbocycles. The van der Waals surface area contributed by atoms with Gasteiger partial charge in [0.15, 0.2) is 0 Å². The molecule has 4 rings (SSSR count). The van der Waals surface area contributed by atoms with E-state index in [0.717, 1.165) is 61.6 Å². The van der Waals surface area contributed by atoms with Crippen molar-refractivity contribution in [2.75, 3.05) is 21.3 Å². The summed E-state index contributed by atoms with van der Waals surface area (Å²) in [6.45, 7) is 5.38. The lowest BCUT2D eigenvalue weighted by Gasteiger charge is -2.17. The fourth-order valence-electron chi connectivity index (χ4n) is 4.50. The number of rotatable bonds is 8. The van der Waals surface area contributed by atoms with E-state index < -0.39 is 0 Å². The Kier molecular flexibility index (Phi) is 7.44. The Morgan fingerprint density at radius 1 is 0.857 bits per heavy atom. The minimum absolute atomic E-state index is 0.427. The number of ether oxygens (including phenoxy) is 2. The van der Waals surface area contributed by atoms with Crippen molar-refractivity contribution in [3.8, 4) is 45.3 Å². The van der Waals surface area contributed by atoms with Crippen molar-refractivity contribution < 1.29 is 9.47 Å². The maximum atomic E-state index is 5.85. The Morgan fingerprint density at radius 3 is 2.31 bits per heavy atom. The van der Waals surface area contributed by atoms with Crippen molar-refractivity contribution in [3.63, 3.8) is 0 Å². The highest BCUT2D eigenvalue weighted by atomic mass is 16.5. The van der Waals surface area contributed by atoms with E-state index >= 15 is 0 Å². The van der Waals surface area contributed by atoms with Gasteiger partial charge in [-0.05, 0) is 61.3 Å². The first-order valence-electron chi connectivity index (χ1n) is 11.6. The van der Waals surface area contributed by atoms with Crippen LogP contribution in [0.2, 0.25) is 0 Å². The maximum absolute atomic E-state index is 5.85. The number of aromatic nitrogens is 2.